The fraction of sp³-hybridized carbons (Fsp3) is 0.417. The SMILES string of the molecule is Cc1ccc(CCC(C)C(=O)NCc2scc3c2CN(C2CCC(=O)NC2=O)C3=O)cc1Cl. The number of carbonyl (C=O) groups is 4. The normalized spacial score (nSPS) is 18.8. The van der Waals surface area contributed by atoms with E-state index < -0.39 is 11.9 Å². The summed E-state index contributed by atoms with van der Waals surface area (Å²) in [6, 6.07) is 5.33. The Labute approximate surface area is 201 Å². The predicted molar refractivity (Wildman–Crippen MR) is 126 cm³/mol. The Morgan fingerprint density at radius 3 is 2.85 bits per heavy atom. The van der Waals surface area contributed by atoms with Crippen LogP contribution in [-0.4, -0.2) is 34.6 Å². The lowest BCUT2D eigenvalue weighted by Crippen LogP contribution is -2.52. The van der Waals surface area contributed by atoms with Gasteiger partial charge in [-0.15, -0.1) is 11.3 Å². The highest BCUT2D eigenvalue weighted by molar-refractivity contribution is 7.10. The van der Waals surface area contributed by atoms with Crippen LogP contribution in [0, 0.1) is 12.8 Å². The number of halogens is 1. The molecule has 0 spiro atoms. The molecule has 0 radical (unpaired) electrons. The van der Waals surface area contributed by atoms with E-state index in [0.717, 1.165) is 33.0 Å². The number of thiophene rings is 1. The number of nitrogens with one attached hydrogen (secondary N) is 2. The topological polar surface area (TPSA) is 95.6 Å². The number of hydrogen-bond acceptors (Lipinski definition) is 5. The summed E-state index contributed by atoms with van der Waals surface area (Å²) in [5, 5.41) is 7.82. The first-order valence-corrected chi connectivity index (χ1v) is 12.3. The molecular formula is C24H26ClN3O4S. The lowest BCUT2D eigenvalue weighted by atomic mass is 9.99. The van der Waals surface area contributed by atoms with Crippen molar-refractivity contribution in [2.45, 2.75) is 58.7 Å². The van der Waals surface area contributed by atoms with E-state index in [2.05, 4.69) is 10.6 Å². The Balaban J connectivity index is 1.32. The molecule has 9 heteroatoms. The summed E-state index contributed by atoms with van der Waals surface area (Å²) < 4.78 is 0. The van der Waals surface area contributed by atoms with Crippen LogP contribution in [0.4, 0.5) is 0 Å². The molecule has 0 saturated carbocycles. The van der Waals surface area contributed by atoms with Gasteiger partial charge in [-0.25, -0.2) is 0 Å². The third kappa shape index (κ3) is 4.96. The second kappa shape index (κ2) is 9.65. The zero-order chi connectivity index (χ0) is 23.7. The number of hydrogen-bond donors (Lipinski definition) is 2. The molecule has 3 heterocycles. The lowest BCUT2D eigenvalue weighted by Gasteiger charge is -2.29. The quantitative estimate of drug-likeness (QED) is 0.585. The van der Waals surface area contributed by atoms with Crippen LogP contribution in [0.1, 0.15) is 58.1 Å². The number of benzene rings is 1. The van der Waals surface area contributed by atoms with Crippen molar-refractivity contribution in [3.8, 4) is 0 Å². The molecular weight excluding hydrogens is 462 g/mol. The van der Waals surface area contributed by atoms with Crippen LogP contribution in [0.15, 0.2) is 23.6 Å². The molecule has 1 saturated heterocycles. The van der Waals surface area contributed by atoms with Crippen molar-refractivity contribution < 1.29 is 19.2 Å². The summed E-state index contributed by atoms with van der Waals surface area (Å²) in [6.45, 7) is 4.52. The van der Waals surface area contributed by atoms with Crippen molar-refractivity contribution in [2.24, 2.45) is 5.92 Å². The Kier molecular flexibility index (Phi) is 6.86. The minimum Gasteiger partial charge on any atom is -0.351 e. The van der Waals surface area contributed by atoms with Crippen molar-refractivity contribution in [1.29, 1.82) is 0 Å². The van der Waals surface area contributed by atoms with Gasteiger partial charge in [0.05, 0.1) is 12.1 Å². The Hall–Kier alpha value is -2.71. The summed E-state index contributed by atoms with van der Waals surface area (Å²) in [5.74, 6) is -1.13. The molecule has 1 aromatic heterocycles. The van der Waals surface area contributed by atoms with E-state index in [1.165, 1.54) is 16.2 Å². The molecule has 7 nitrogen and oxygen atoms in total. The van der Waals surface area contributed by atoms with Crippen molar-refractivity contribution in [3.63, 3.8) is 0 Å². The molecule has 4 rings (SSSR count). The highest BCUT2D eigenvalue weighted by Crippen LogP contribution is 2.33. The van der Waals surface area contributed by atoms with Crippen LogP contribution in [0.5, 0.6) is 0 Å². The monoisotopic (exact) mass is 487 g/mol. The van der Waals surface area contributed by atoms with Crippen LogP contribution in [-0.2, 0) is 33.9 Å². The van der Waals surface area contributed by atoms with Gasteiger partial charge in [0, 0.05) is 34.2 Å². The minimum absolute atomic E-state index is 0.0401. The van der Waals surface area contributed by atoms with Crippen molar-refractivity contribution in [3.05, 3.63) is 55.7 Å². The van der Waals surface area contributed by atoms with Gasteiger partial charge in [-0.2, -0.15) is 0 Å². The van der Waals surface area contributed by atoms with Crippen LogP contribution < -0.4 is 10.6 Å². The van der Waals surface area contributed by atoms with Gasteiger partial charge in [-0.3, -0.25) is 24.5 Å². The maximum atomic E-state index is 12.8. The molecule has 1 aromatic carbocycles. The zero-order valence-electron chi connectivity index (χ0n) is 18.6. The number of imide groups is 1. The van der Waals surface area contributed by atoms with E-state index in [4.69, 9.17) is 11.6 Å². The largest absolute Gasteiger partial charge is 0.351 e. The Bertz CT molecular complexity index is 1130. The van der Waals surface area contributed by atoms with Gasteiger partial charge in [0.1, 0.15) is 6.04 Å². The summed E-state index contributed by atoms with van der Waals surface area (Å²) in [6.07, 6.45) is 2.02. The second-order valence-electron chi connectivity index (χ2n) is 8.69. The molecule has 0 bridgehead atoms. The number of fused-ring (bicyclic) bond motifs is 1. The first-order valence-electron chi connectivity index (χ1n) is 11.0. The molecule has 2 atom stereocenters. The number of aryl methyl sites for hydroxylation is 2. The second-order valence-corrected chi connectivity index (χ2v) is 10.1. The summed E-state index contributed by atoms with van der Waals surface area (Å²) in [5.41, 5.74) is 3.58. The summed E-state index contributed by atoms with van der Waals surface area (Å²) >= 11 is 7.63. The van der Waals surface area contributed by atoms with Crippen molar-refractivity contribution >= 4 is 46.6 Å². The molecule has 2 aliphatic rings. The van der Waals surface area contributed by atoms with Crippen molar-refractivity contribution in [1.82, 2.24) is 15.5 Å². The predicted octanol–water partition coefficient (Wildman–Crippen LogP) is 3.36. The fourth-order valence-corrected chi connectivity index (χ4v) is 5.38. The average molecular weight is 488 g/mol. The summed E-state index contributed by atoms with van der Waals surface area (Å²) in [7, 11) is 0. The maximum Gasteiger partial charge on any atom is 0.256 e. The first kappa shape index (κ1) is 23.4. The smallest absolute Gasteiger partial charge is 0.256 e. The van der Waals surface area contributed by atoms with Gasteiger partial charge >= 0.3 is 0 Å². The first-order chi connectivity index (χ1) is 15.7. The average Bonchev–Trinajstić information content (AvgIpc) is 3.32. The molecule has 174 valence electrons. The van der Waals surface area contributed by atoms with Gasteiger partial charge in [-0.05, 0) is 48.9 Å². The third-order valence-corrected chi connectivity index (χ3v) is 7.80. The van der Waals surface area contributed by atoms with Crippen LogP contribution in [0.2, 0.25) is 5.02 Å². The lowest BCUT2D eigenvalue weighted by molar-refractivity contribution is -0.137. The van der Waals surface area contributed by atoms with Crippen molar-refractivity contribution in [2.75, 3.05) is 0 Å². The highest BCUT2D eigenvalue weighted by Gasteiger charge is 2.40. The molecule has 33 heavy (non-hydrogen) atoms. The van der Waals surface area contributed by atoms with Crippen LogP contribution in [0.25, 0.3) is 0 Å². The van der Waals surface area contributed by atoms with Crippen LogP contribution >= 0.6 is 22.9 Å². The van der Waals surface area contributed by atoms with Gasteiger partial charge in [0.25, 0.3) is 5.91 Å². The zero-order valence-corrected chi connectivity index (χ0v) is 20.1. The molecule has 1 fully saturated rings. The van der Waals surface area contributed by atoms with E-state index in [1.807, 2.05) is 32.0 Å². The minimum atomic E-state index is -0.634. The van der Waals surface area contributed by atoms with E-state index in [0.29, 0.717) is 31.5 Å². The van der Waals surface area contributed by atoms with E-state index in [1.54, 1.807) is 5.38 Å². The fourth-order valence-electron chi connectivity index (χ4n) is 4.20. The number of nitrogens with zero attached hydrogens (tertiary/aromatic N) is 1. The van der Waals surface area contributed by atoms with E-state index in [9.17, 15) is 19.2 Å². The third-order valence-electron chi connectivity index (χ3n) is 6.36. The highest BCUT2D eigenvalue weighted by atomic mass is 35.5. The molecule has 2 aromatic rings. The van der Waals surface area contributed by atoms with Gasteiger partial charge in [0.2, 0.25) is 17.7 Å². The molecule has 2 unspecified atom stereocenters. The van der Waals surface area contributed by atoms with Crippen LogP contribution in [0.3, 0.4) is 0 Å². The molecule has 2 N–H and O–H groups in total. The van der Waals surface area contributed by atoms with E-state index in [-0.39, 0.29) is 30.1 Å². The number of amides is 4. The van der Waals surface area contributed by atoms with Gasteiger partial charge in [0.15, 0.2) is 0 Å². The standard InChI is InChI=1S/C24H26ClN3O4S/c1-13-3-5-15(9-18(13)25)6-4-14(2)22(30)26-10-20-16-11-28(24(32)17(16)12-33-20)19-7-8-21(29)27-23(19)31/h3,5,9,12,14,19H,4,6-8,10-11H2,1-2H3,(H,26,30)(H,27,29,31). The number of piperidine rings is 1. The summed E-state index contributed by atoms with van der Waals surface area (Å²) in [4.78, 5) is 51.5. The van der Waals surface area contributed by atoms with Gasteiger partial charge < -0.3 is 10.2 Å². The molecule has 0 aliphatic carbocycles. The van der Waals surface area contributed by atoms with E-state index >= 15 is 0 Å². The Morgan fingerprint density at radius 2 is 2.12 bits per heavy atom. The number of carbonyl (C=O) groups excluding carboxylic acids is 4. The number of rotatable bonds is 7. The molecule has 4 amide bonds. The Morgan fingerprint density at radius 1 is 1.33 bits per heavy atom. The maximum absolute atomic E-state index is 12.8. The van der Waals surface area contributed by atoms with Gasteiger partial charge in [-0.1, -0.05) is 30.7 Å². The molecule has 2 aliphatic heterocycles.